The molecule has 198 valence electrons. The van der Waals surface area contributed by atoms with Crippen LogP contribution in [-0.2, 0) is 6.61 Å². The van der Waals surface area contributed by atoms with E-state index in [4.69, 9.17) is 32.7 Å². The number of benzene rings is 3. The fraction of sp³-hybridized carbons (Fsp3) is 0.231. The first kappa shape index (κ1) is 27.7. The first-order valence-corrected chi connectivity index (χ1v) is 13.2. The van der Waals surface area contributed by atoms with Crippen LogP contribution in [0.25, 0.3) is 5.69 Å². The van der Waals surface area contributed by atoms with Gasteiger partial charge in [-0.25, -0.2) is 4.39 Å². The maximum absolute atomic E-state index is 13.6. The second kappa shape index (κ2) is 12.5. The molecule has 1 aromatic heterocycles. The molecule has 0 N–H and O–H groups in total. The molecule has 0 spiro atoms. The zero-order chi connectivity index (χ0) is 27.2. The lowest BCUT2D eigenvalue weighted by atomic mass is 10.1. The van der Waals surface area contributed by atoms with Gasteiger partial charge in [0.2, 0.25) is 6.54 Å². The zero-order valence-electron chi connectivity index (χ0n) is 20.4. The average Bonchev–Trinajstić information content (AvgIpc) is 3.23. The van der Waals surface area contributed by atoms with E-state index in [1.54, 1.807) is 54.8 Å². The van der Waals surface area contributed by atoms with Crippen molar-refractivity contribution in [3.63, 3.8) is 0 Å². The SMILES string of the molecule is CCOc1cc([C@@H](C[N+](=O)[O-])Sc2nnc(C)n2-c2ccc(Cl)cc2)cc(Cl)c1OCc1cccc(F)c1. The number of nitrogens with zero attached hydrogens (tertiary/aromatic N) is 4. The number of aromatic nitrogens is 3. The van der Waals surface area contributed by atoms with Crippen LogP contribution in [0.2, 0.25) is 10.0 Å². The fourth-order valence-electron chi connectivity index (χ4n) is 3.74. The van der Waals surface area contributed by atoms with Crippen molar-refractivity contribution in [1.29, 1.82) is 0 Å². The van der Waals surface area contributed by atoms with E-state index in [-0.39, 0.29) is 23.2 Å². The molecule has 3 aromatic carbocycles. The summed E-state index contributed by atoms with van der Waals surface area (Å²) in [6.45, 7) is 3.57. The van der Waals surface area contributed by atoms with Crippen LogP contribution in [0.3, 0.4) is 0 Å². The van der Waals surface area contributed by atoms with Crippen molar-refractivity contribution in [2.75, 3.05) is 13.2 Å². The van der Waals surface area contributed by atoms with E-state index in [9.17, 15) is 14.5 Å². The number of ether oxygens (including phenoxy) is 2. The zero-order valence-corrected chi connectivity index (χ0v) is 22.8. The summed E-state index contributed by atoms with van der Waals surface area (Å²) >= 11 is 13.8. The summed E-state index contributed by atoms with van der Waals surface area (Å²) in [5.74, 6) is 0.838. The van der Waals surface area contributed by atoms with Gasteiger partial charge >= 0.3 is 0 Å². The average molecular weight is 577 g/mol. The lowest BCUT2D eigenvalue weighted by molar-refractivity contribution is -0.479. The minimum absolute atomic E-state index is 0.0629. The predicted octanol–water partition coefficient (Wildman–Crippen LogP) is 7.11. The van der Waals surface area contributed by atoms with Crippen molar-refractivity contribution < 1.29 is 18.8 Å². The van der Waals surface area contributed by atoms with Gasteiger partial charge in [-0.05, 0) is 73.5 Å². The summed E-state index contributed by atoms with van der Waals surface area (Å²) in [6.07, 6.45) is 0. The minimum Gasteiger partial charge on any atom is -0.490 e. The molecule has 0 aliphatic carbocycles. The number of aryl methyl sites for hydroxylation is 1. The Morgan fingerprint density at radius 1 is 1.11 bits per heavy atom. The van der Waals surface area contributed by atoms with Crippen molar-refractivity contribution in [3.8, 4) is 17.2 Å². The minimum atomic E-state index is -0.673. The topological polar surface area (TPSA) is 92.3 Å². The van der Waals surface area contributed by atoms with Crippen LogP contribution >= 0.6 is 35.0 Å². The Kier molecular flexibility index (Phi) is 9.09. The summed E-state index contributed by atoms with van der Waals surface area (Å²) in [5, 5.41) is 20.7. The highest BCUT2D eigenvalue weighted by atomic mass is 35.5. The first-order chi connectivity index (χ1) is 18.2. The highest BCUT2D eigenvalue weighted by Crippen LogP contribution is 2.43. The molecular weight excluding hydrogens is 554 g/mol. The lowest BCUT2D eigenvalue weighted by Gasteiger charge is -2.19. The molecule has 1 atom stereocenters. The first-order valence-electron chi connectivity index (χ1n) is 11.5. The number of nitro groups is 1. The van der Waals surface area contributed by atoms with Crippen molar-refractivity contribution in [1.82, 2.24) is 14.8 Å². The van der Waals surface area contributed by atoms with Crippen LogP contribution < -0.4 is 9.47 Å². The van der Waals surface area contributed by atoms with Crippen LogP contribution in [0.1, 0.15) is 29.1 Å². The van der Waals surface area contributed by atoms with E-state index in [0.717, 1.165) is 5.69 Å². The maximum atomic E-state index is 13.6. The molecule has 38 heavy (non-hydrogen) atoms. The number of hydrogen-bond donors (Lipinski definition) is 0. The van der Waals surface area contributed by atoms with Crippen LogP contribution in [0.15, 0.2) is 65.8 Å². The Hall–Kier alpha value is -3.34. The number of hydrogen-bond acceptors (Lipinski definition) is 7. The van der Waals surface area contributed by atoms with Crippen LogP contribution in [0.4, 0.5) is 4.39 Å². The van der Waals surface area contributed by atoms with Crippen molar-refractivity contribution in [3.05, 3.63) is 104 Å². The van der Waals surface area contributed by atoms with Gasteiger partial charge in [0.1, 0.15) is 23.5 Å². The Morgan fingerprint density at radius 2 is 1.87 bits per heavy atom. The third-order valence-electron chi connectivity index (χ3n) is 5.42. The van der Waals surface area contributed by atoms with Gasteiger partial charge in [0.15, 0.2) is 16.7 Å². The van der Waals surface area contributed by atoms with Gasteiger partial charge in [-0.3, -0.25) is 14.7 Å². The molecule has 0 aliphatic heterocycles. The molecular formula is C26H23Cl2FN4O4S. The molecule has 0 unspecified atom stereocenters. The molecule has 0 bridgehead atoms. The third-order valence-corrected chi connectivity index (χ3v) is 7.13. The molecule has 12 heteroatoms. The summed E-state index contributed by atoms with van der Waals surface area (Å²) in [7, 11) is 0. The van der Waals surface area contributed by atoms with Gasteiger partial charge < -0.3 is 9.47 Å². The second-order valence-corrected chi connectivity index (χ2v) is 10.2. The molecule has 0 fully saturated rings. The number of halogens is 3. The maximum Gasteiger partial charge on any atom is 0.220 e. The van der Waals surface area contributed by atoms with Crippen LogP contribution in [0, 0.1) is 22.9 Å². The number of thioether (sulfide) groups is 1. The Balaban J connectivity index is 1.67. The normalized spacial score (nSPS) is 11.8. The van der Waals surface area contributed by atoms with E-state index in [2.05, 4.69) is 10.2 Å². The quantitative estimate of drug-likeness (QED) is 0.107. The highest BCUT2D eigenvalue weighted by molar-refractivity contribution is 7.99. The smallest absolute Gasteiger partial charge is 0.220 e. The molecule has 0 radical (unpaired) electrons. The van der Waals surface area contributed by atoms with E-state index in [1.165, 1.54) is 23.9 Å². The highest BCUT2D eigenvalue weighted by Gasteiger charge is 2.26. The monoisotopic (exact) mass is 576 g/mol. The summed E-state index contributed by atoms with van der Waals surface area (Å²) < 4.78 is 27.0. The summed E-state index contributed by atoms with van der Waals surface area (Å²) in [4.78, 5) is 11.2. The molecule has 0 saturated heterocycles. The van der Waals surface area contributed by atoms with E-state index >= 15 is 0 Å². The Bertz CT molecular complexity index is 1440. The summed E-state index contributed by atoms with van der Waals surface area (Å²) in [6, 6.07) is 16.5. The van der Waals surface area contributed by atoms with E-state index < -0.39 is 16.7 Å². The van der Waals surface area contributed by atoms with Gasteiger partial charge in [-0.2, -0.15) is 0 Å². The van der Waals surface area contributed by atoms with Gasteiger partial charge in [-0.1, -0.05) is 47.1 Å². The fourth-order valence-corrected chi connectivity index (χ4v) is 5.29. The second-order valence-electron chi connectivity index (χ2n) is 8.15. The van der Waals surface area contributed by atoms with Crippen LogP contribution in [-0.4, -0.2) is 32.8 Å². The Labute approximate surface area is 232 Å². The molecule has 8 nitrogen and oxygen atoms in total. The lowest BCUT2D eigenvalue weighted by Crippen LogP contribution is -2.12. The predicted molar refractivity (Wildman–Crippen MR) is 145 cm³/mol. The Morgan fingerprint density at radius 3 is 2.55 bits per heavy atom. The molecule has 4 aromatic rings. The van der Waals surface area contributed by atoms with Crippen molar-refractivity contribution >= 4 is 35.0 Å². The molecule has 0 aliphatic rings. The summed E-state index contributed by atoms with van der Waals surface area (Å²) in [5.41, 5.74) is 1.95. The molecule has 0 amide bonds. The molecule has 4 rings (SSSR count). The molecule has 0 saturated carbocycles. The van der Waals surface area contributed by atoms with Crippen molar-refractivity contribution in [2.24, 2.45) is 0 Å². The van der Waals surface area contributed by atoms with E-state index in [0.29, 0.717) is 39.5 Å². The molecule has 1 heterocycles. The van der Waals surface area contributed by atoms with E-state index in [1.807, 2.05) is 12.1 Å². The van der Waals surface area contributed by atoms with Crippen LogP contribution in [0.5, 0.6) is 11.5 Å². The number of rotatable bonds is 11. The van der Waals surface area contributed by atoms with Gasteiger partial charge in [0.25, 0.3) is 0 Å². The van der Waals surface area contributed by atoms with Gasteiger partial charge in [0, 0.05) is 15.6 Å². The largest absolute Gasteiger partial charge is 0.490 e. The third kappa shape index (κ3) is 6.75. The van der Waals surface area contributed by atoms with Crippen molar-refractivity contribution in [2.45, 2.75) is 30.9 Å². The van der Waals surface area contributed by atoms with Gasteiger partial charge in [0.05, 0.1) is 11.6 Å². The van der Waals surface area contributed by atoms with Gasteiger partial charge in [-0.15, -0.1) is 10.2 Å². The standard InChI is InChI=1S/C26H23Cl2FN4O4S/c1-3-36-23-13-18(12-22(28)25(23)37-15-17-5-4-6-20(29)11-17)24(14-32(34)35)38-26-31-30-16(2)33(26)21-9-7-19(27)8-10-21/h4-13,24H,3,14-15H2,1-2H3/t24-/m1/s1.